The van der Waals surface area contributed by atoms with Gasteiger partial charge in [0.2, 0.25) is 0 Å². The zero-order chi connectivity index (χ0) is 14.0. The molecular formula is C13H16Cl2O3S. The third-order valence-corrected chi connectivity index (χ3v) is 5.56. The molecule has 1 aromatic carbocycles. The molecule has 0 spiro atoms. The molecule has 0 aliphatic heterocycles. The van der Waals surface area contributed by atoms with Gasteiger partial charge in [-0.25, -0.2) is 8.42 Å². The van der Waals surface area contributed by atoms with Crippen LogP contribution in [0.25, 0.3) is 0 Å². The zero-order valence-corrected chi connectivity index (χ0v) is 12.9. The highest BCUT2D eigenvalue weighted by molar-refractivity contribution is 7.91. The number of rotatable bonds is 3. The summed E-state index contributed by atoms with van der Waals surface area (Å²) in [5.74, 6) is 0.522. The highest BCUT2D eigenvalue weighted by atomic mass is 35.5. The fraction of sp³-hybridized carbons (Fsp3) is 0.538. The first kappa shape index (κ1) is 14.9. The lowest BCUT2D eigenvalue weighted by atomic mass is 9.97. The van der Waals surface area contributed by atoms with Gasteiger partial charge in [-0.1, -0.05) is 23.2 Å². The van der Waals surface area contributed by atoms with E-state index in [2.05, 4.69) is 0 Å². The molecule has 1 aliphatic rings. The lowest BCUT2D eigenvalue weighted by Gasteiger charge is -2.28. The van der Waals surface area contributed by atoms with Crippen molar-refractivity contribution in [1.29, 1.82) is 0 Å². The second kappa shape index (κ2) is 5.90. The minimum Gasteiger partial charge on any atom is -0.489 e. The largest absolute Gasteiger partial charge is 0.489 e. The van der Waals surface area contributed by atoms with Gasteiger partial charge in [-0.3, -0.25) is 0 Å². The Kier molecular flexibility index (Phi) is 4.64. The van der Waals surface area contributed by atoms with E-state index in [0.29, 0.717) is 28.6 Å². The van der Waals surface area contributed by atoms with Crippen molar-refractivity contribution in [3.63, 3.8) is 0 Å². The maximum atomic E-state index is 11.6. The van der Waals surface area contributed by atoms with E-state index < -0.39 is 9.84 Å². The van der Waals surface area contributed by atoms with Crippen molar-refractivity contribution in [1.82, 2.24) is 0 Å². The van der Waals surface area contributed by atoms with Crippen LogP contribution >= 0.6 is 23.2 Å². The Labute approximate surface area is 123 Å². The number of halogens is 2. The van der Waals surface area contributed by atoms with Crippen LogP contribution in [0.3, 0.4) is 0 Å². The Bertz CT molecular complexity index is 557. The molecule has 0 saturated heterocycles. The SMILES string of the molecule is CS(=O)(=O)C1CCCC(Oc2cc(Cl)ccc2Cl)C1. The van der Waals surface area contributed by atoms with Gasteiger partial charge in [0.05, 0.1) is 10.3 Å². The predicted octanol–water partition coefficient (Wildman–Crippen LogP) is 3.73. The number of ether oxygens (including phenoxy) is 1. The molecule has 0 bridgehead atoms. The molecule has 3 nitrogen and oxygen atoms in total. The highest BCUT2D eigenvalue weighted by Crippen LogP contribution is 2.32. The van der Waals surface area contributed by atoms with Crippen LogP contribution in [0, 0.1) is 0 Å². The minimum absolute atomic E-state index is 0.121. The third-order valence-electron chi connectivity index (χ3n) is 3.37. The molecule has 106 valence electrons. The summed E-state index contributed by atoms with van der Waals surface area (Å²) in [6.07, 6.45) is 4.08. The van der Waals surface area contributed by atoms with Crippen molar-refractivity contribution in [2.75, 3.05) is 6.26 Å². The number of hydrogen-bond acceptors (Lipinski definition) is 3. The number of benzene rings is 1. The zero-order valence-electron chi connectivity index (χ0n) is 10.6. The monoisotopic (exact) mass is 322 g/mol. The van der Waals surface area contributed by atoms with Crippen molar-refractivity contribution < 1.29 is 13.2 Å². The van der Waals surface area contributed by atoms with Crippen LogP contribution < -0.4 is 4.74 Å². The normalized spacial score (nSPS) is 24.2. The van der Waals surface area contributed by atoms with Gasteiger partial charge in [-0.2, -0.15) is 0 Å². The Morgan fingerprint density at radius 3 is 2.68 bits per heavy atom. The van der Waals surface area contributed by atoms with E-state index in [1.807, 2.05) is 0 Å². The Morgan fingerprint density at radius 2 is 2.00 bits per heavy atom. The van der Waals surface area contributed by atoms with Gasteiger partial charge in [-0.05, 0) is 31.4 Å². The minimum atomic E-state index is -3.01. The van der Waals surface area contributed by atoms with Crippen molar-refractivity contribution in [3.05, 3.63) is 28.2 Å². The van der Waals surface area contributed by atoms with Crippen LogP contribution in [0.1, 0.15) is 25.7 Å². The molecule has 19 heavy (non-hydrogen) atoms. The first-order valence-electron chi connectivity index (χ1n) is 6.17. The average Bonchev–Trinajstić information content (AvgIpc) is 2.33. The third kappa shape index (κ3) is 4.01. The van der Waals surface area contributed by atoms with Crippen molar-refractivity contribution in [2.24, 2.45) is 0 Å². The second-order valence-electron chi connectivity index (χ2n) is 4.93. The molecule has 2 atom stereocenters. The molecule has 0 radical (unpaired) electrons. The van der Waals surface area contributed by atoms with E-state index in [-0.39, 0.29) is 11.4 Å². The van der Waals surface area contributed by atoms with Crippen LogP contribution in [-0.2, 0) is 9.84 Å². The van der Waals surface area contributed by atoms with Gasteiger partial charge in [0.25, 0.3) is 0 Å². The van der Waals surface area contributed by atoms with Crippen LogP contribution in [0.2, 0.25) is 10.0 Å². The summed E-state index contributed by atoms with van der Waals surface area (Å²) in [5, 5.41) is 0.727. The van der Waals surface area contributed by atoms with Crippen molar-refractivity contribution in [2.45, 2.75) is 37.0 Å². The first-order chi connectivity index (χ1) is 8.86. The summed E-state index contributed by atoms with van der Waals surface area (Å²) in [6.45, 7) is 0. The molecule has 0 aromatic heterocycles. The highest BCUT2D eigenvalue weighted by Gasteiger charge is 2.30. The molecule has 0 N–H and O–H groups in total. The Hall–Kier alpha value is -0.450. The summed E-state index contributed by atoms with van der Waals surface area (Å²) in [4.78, 5) is 0. The Balaban J connectivity index is 2.09. The lowest BCUT2D eigenvalue weighted by Crippen LogP contribution is -2.33. The molecule has 1 saturated carbocycles. The van der Waals surface area contributed by atoms with Gasteiger partial charge >= 0.3 is 0 Å². The van der Waals surface area contributed by atoms with Gasteiger partial charge in [0, 0.05) is 23.8 Å². The van der Waals surface area contributed by atoms with Crippen molar-refractivity contribution >= 4 is 33.0 Å². The molecular weight excluding hydrogens is 307 g/mol. The van der Waals surface area contributed by atoms with Gasteiger partial charge in [0.1, 0.15) is 21.7 Å². The van der Waals surface area contributed by atoms with Crippen molar-refractivity contribution in [3.8, 4) is 5.75 Å². The quantitative estimate of drug-likeness (QED) is 0.851. The molecule has 2 unspecified atom stereocenters. The fourth-order valence-electron chi connectivity index (χ4n) is 2.35. The van der Waals surface area contributed by atoms with E-state index in [1.165, 1.54) is 6.26 Å². The van der Waals surface area contributed by atoms with Gasteiger partial charge < -0.3 is 4.74 Å². The molecule has 0 amide bonds. The van der Waals surface area contributed by atoms with E-state index in [4.69, 9.17) is 27.9 Å². The van der Waals surface area contributed by atoms with Crippen LogP contribution in [0.5, 0.6) is 5.75 Å². The molecule has 1 aromatic rings. The fourth-order valence-corrected chi connectivity index (χ4v) is 3.83. The van der Waals surface area contributed by atoms with Crippen LogP contribution in [0.4, 0.5) is 0 Å². The summed E-state index contributed by atoms with van der Waals surface area (Å²) < 4.78 is 29.0. The molecule has 0 heterocycles. The second-order valence-corrected chi connectivity index (χ2v) is 8.10. The molecule has 2 rings (SSSR count). The Morgan fingerprint density at radius 1 is 1.26 bits per heavy atom. The maximum absolute atomic E-state index is 11.6. The maximum Gasteiger partial charge on any atom is 0.150 e. The van der Waals surface area contributed by atoms with E-state index in [9.17, 15) is 8.42 Å². The summed E-state index contributed by atoms with van der Waals surface area (Å²) in [6, 6.07) is 5.03. The topological polar surface area (TPSA) is 43.4 Å². The van der Waals surface area contributed by atoms with Crippen LogP contribution in [-0.4, -0.2) is 26.0 Å². The van der Waals surface area contributed by atoms with E-state index >= 15 is 0 Å². The predicted molar refractivity (Wildman–Crippen MR) is 78.0 cm³/mol. The molecule has 1 fully saturated rings. The van der Waals surface area contributed by atoms with Gasteiger partial charge in [-0.15, -0.1) is 0 Å². The smallest absolute Gasteiger partial charge is 0.150 e. The first-order valence-corrected chi connectivity index (χ1v) is 8.88. The van der Waals surface area contributed by atoms with Gasteiger partial charge in [0.15, 0.2) is 0 Å². The average molecular weight is 323 g/mol. The van der Waals surface area contributed by atoms with Crippen LogP contribution in [0.15, 0.2) is 18.2 Å². The molecule has 6 heteroatoms. The summed E-state index contributed by atoms with van der Waals surface area (Å²) in [7, 11) is -3.01. The summed E-state index contributed by atoms with van der Waals surface area (Å²) >= 11 is 11.9. The number of sulfone groups is 1. The standard InChI is InChI=1S/C13H16Cl2O3S/c1-19(16,17)11-4-2-3-10(8-11)18-13-7-9(14)5-6-12(13)15/h5-7,10-11H,2-4,8H2,1H3. The van der Waals surface area contributed by atoms with E-state index in [1.54, 1.807) is 18.2 Å². The number of hydrogen-bond donors (Lipinski definition) is 0. The van der Waals surface area contributed by atoms with E-state index in [0.717, 1.165) is 12.8 Å². The summed E-state index contributed by atoms with van der Waals surface area (Å²) in [5.41, 5.74) is 0. The molecule has 1 aliphatic carbocycles. The lowest BCUT2D eigenvalue weighted by molar-refractivity contribution is 0.156.